The quantitative estimate of drug-likeness (QED) is 0.807. The summed E-state index contributed by atoms with van der Waals surface area (Å²) < 4.78 is 6.60. The van der Waals surface area contributed by atoms with Gasteiger partial charge in [-0.05, 0) is 48.1 Å². The Labute approximate surface area is 126 Å². The van der Waals surface area contributed by atoms with E-state index in [-0.39, 0.29) is 5.41 Å². The molecule has 0 radical (unpaired) electrons. The molecule has 0 fully saturated rings. The van der Waals surface area contributed by atoms with E-state index in [9.17, 15) is 0 Å². The Balaban J connectivity index is 2.98. The minimum Gasteiger partial charge on any atom is -0.496 e. The van der Waals surface area contributed by atoms with Crippen LogP contribution in [0.1, 0.15) is 33.3 Å². The molecule has 1 aromatic rings. The molecule has 0 aliphatic rings. The van der Waals surface area contributed by atoms with Gasteiger partial charge in [0.2, 0.25) is 0 Å². The zero-order valence-electron chi connectivity index (χ0n) is 12.7. The molecule has 2 nitrogen and oxygen atoms in total. The molecule has 1 atom stereocenters. The fourth-order valence-electron chi connectivity index (χ4n) is 2.20. The van der Waals surface area contributed by atoms with E-state index in [1.54, 1.807) is 7.11 Å². The molecule has 0 saturated heterocycles. The minimum atomic E-state index is 0.226. The van der Waals surface area contributed by atoms with Crippen LogP contribution in [0.2, 0.25) is 0 Å². The molecule has 0 aliphatic heterocycles. The first kappa shape index (κ1) is 16.5. The third kappa shape index (κ3) is 4.50. The molecule has 0 aromatic heterocycles. The van der Waals surface area contributed by atoms with Crippen molar-refractivity contribution >= 4 is 15.9 Å². The lowest BCUT2D eigenvalue weighted by Crippen LogP contribution is -2.38. The lowest BCUT2D eigenvalue weighted by molar-refractivity contribution is 0.206. The standard InChI is InChI=1S/C16H26BrNO/c1-6-18-11-16(4,12(2)3)10-13-9-14(17)7-8-15(13)19-5/h7-9,12,18H,6,10-11H2,1-5H3. The van der Waals surface area contributed by atoms with E-state index in [1.807, 2.05) is 12.1 Å². The van der Waals surface area contributed by atoms with Gasteiger partial charge in [-0.25, -0.2) is 0 Å². The summed E-state index contributed by atoms with van der Waals surface area (Å²) in [7, 11) is 1.74. The highest BCUT2D eigenvalue weighted by Crippen LogP contribution is 2.35. The van der Waals surface area contributed by atoms with Crippen molar-refractivity contribution in [3.8, 4) is 5.75 Å². The van der Waals surface area contributed by atoms with Crippen LogP contribution < -0.4 is 10.1 Å². The molecule has 1 unspecified atom stereocenters. The van der Waals surface area contributed by atoms with Crippen molar-refractivity contribution in [3.05, 3.63) is 28.2 Å². The second kappa shape index (κ2) is 7.30. The van der Waals surface area contributed by atoms with Crippen molar-refractivity contribution in [2.24, 2.45) is 11.3 Å². The lowest BCUT2D eigenvalue weighted by atomic mass is 9.74. The highest BCUT2D eigenvalue weighted by atomic mass is 79.9. The molecule has 1 rings (SSSR count). The van der Waals surface area contributed by atoms with Crippen LogP contribution >= 0.6 is 15.9 Å². The zero-order valence-corrected chi connectivity index (χ0v) is 14.3. The molecule has 0 heterocycles. The summed E-state index contributed by atoms with van der Waals surface area (Å²) in [6.07, 6.45) is 1.01. The Morgan fingerprint density at radius 1 is 1.37 bits per heavy atom. The molecule has 1 aromatic carbocycles. The number of benzene rings is 1. The summed E-state index contributed by atoms with van der Waals surface area (Å²) >= 11 is 3.55. The molecular weight excluding hydrogens is 302 g/mol. The van der Waals surface area contributed by atoms with Crippen LogP contribution in [0, 0.1) is 11.3 Å². The Morgan fingerprint density at radius 2 is 2.05 bits per heavy atom. The van der Waals surface area contributed by atoms with Gasteiger partial charge in [-0.3, -0.25) is 0 Å². The third-order valence-corrected chi connectivity index (χ3v) is 4.50. The fourth-order valence-corrected chi connectivity index (χ4v) is 2.61. The van der Waals surface area contributed by atoms with Gasteiger partial charge in [0.1, 0.15) is 5.75 Å². The van der Waals surface area contributed by atoms with Gasteiger partial charge in [-0.1, -0.05) is 43.6 Å². The van der Waals surface area contributed by atoms with Crippen LogP contribution in [0.3, 0.4) is 0 Å². The number of methoxy groups -OCH3 is 1. The van der Waals surface area contributed by atoms with Crippen molar-refractivity contribution in [1.29, 1.82) is 0 Å². The fraction of sp³-hybridized carbons (Fsp3) is 0.625. The highest BCUT2D eigenvalue weighted by Gasteiger charge is 2.29. The van der Waals surface area contributed by atoms with Crippen molar-refractivity contribution < 1.29 is 4.74 Å². The first-order valence-electron chi connectivity index (χ1n) is 6.96. The molecule has 0 saturated carbocycles. The van der Waals surface area contributed by atoms with E-state index < -0.39 is 0 Å². The monoisotopic (exact) mass is 327 g/mol. The highest BCUT2D eigenvalue weighted by molar-refractivity contribution is 9.10. The van der Waals surface area contributed by atoms with E-state index >= 15 is 0 Å². The largest absolute Gasteiger partial charge is 0.496 e. The Morgan fingerprint density at radius 3 is 2.58 bits per heavy atom. The molecule has 0 bridgehead atoms. The zero-order chi connectivity index (χ0) is 14.5. The van der Waals surface area contributed by atoms with Gasteiger partial charge in [0.25, 0.3) is 0 Å². The number of hydrogen-bond donors (Lipinski definition) is 1. The van der Waals surface area contributed by atoms with Crippen molar-refractivity contribution in [3.63, 3.8) is 0 Å². The van der Waals surface area contributed by atoms with Crippen LogP contribution in [0.5, 0.6) is 5.75 Å². The van der Waals surface area contributed by atoms with Gasteiger partial charge < -0.3 is 10.1 Å². The summed E-state index contributed by atoms with van der Waals surface area (Å²) in [6.45, 7) is 11.1. The topological polar surface area (TPSA) is 21.3 Å². The molecule has 3 heteroatoms. The van der Waals surface area contributed by atoms with Gasteiger partial charge in [-0.15, -0.1) is 0 Å². The Kier molecular flexibility index (Phi) is 6.34. The van der Waals surface area contributed by atoms with Crippen LogP contribution in [0.25, 0.3) is 0 Å². The van der Waals surface area contributed by atoms with Crippen molar-refractivity contribution in [1.82, 2.24) is 5.32 Å². The maximum absolute atomic E-state index is 5.49. The second-order valence-electron chi connectivity index (χ2n) is 5.72. The van der Waals surface area contributed by atoms with Crippen LogP contribution in [-0.2, 0) is 6.42 Å². The van der Waals surface area contributed by atoms with Crippen LogP contribution in [-0.4, -0.2) is 20.2 Å². The summed E-state index contributed by atoms with van der Waals surface area (Å²) in [6, 6.07) is 6.23. The normalized spacial score (nSPS) is 14.5. The van der Waals surface area contributed by atoms with Crippen LogP contribution in [0.4, 0.5) is 0 Å². The van der Waals surface area contributed by atoms with E-state index in [1.165, 1.54) is 5.56 Å². The Bertz CT molecular complexity index is 406. The van der Waals surface area contributed by atoms with Crippen molar-refractivity contribution in [2.75, 3.05) is 20.2 Å². The van der Waals surface area contributed by atoms with Gasteiger partial charge in [0.05, 0.1) is 7.11 Å². The van der Waals surface area contributed by atoms with E-state index in [4.69, 9.17) is 4.74 Å². The third-order valence-electron chi connectivity index (χ3n) is 4.01. The van der Waals surface area contributed by atoms with E-state index in [0.29, 0.717) is 5.92 Å². The number of halogens is 1. The van der Waals surface area contributed by atoms with Gasteiger partial charge >= 0.3 is 0 Å². The van der Waals surface area contributed by atoms with E-state index in [0.717, 1.165) is 29.7 Å². The Hall–Kier alpha value is -0.540. The molecule has 108 valence electrons. The van der Waals surface area contributed by atoms with Gasteiger partial charge in [0.15, 0.2) is 0 Å². The average Bonchev–Trinajstić information content (AvgIpc) is 2.36. The maximum Gasteiger partial charge on any atom is 0.122 e. The smallest absolute Gasteiger partial charge is 0.122 e. The van der Waals surface area contributed by atoms with Gasteiger partial charge in [-0.2, -0.15) is 0 Å². The first-order valence-corrected chi connectivity index (χ1v) is 7.75. The van der Waals surface area contributed by atoms with Gasteiger partial charge in [0, 0.05) is 11.0 Å². The maximum atomic E-state index is 5.49. The molecular formula is C16H26BrNO. The lowest BCUT2D eigenvalue weighted by Gasteiger charge is -2.34. The first-order chi connectivity index (χ1) is 8.92. The molecule has 0 aliphatic carbocycles. The average molecular weight is 328 g/mol. The SMILES string of the molecule is CCNCC(C)(Cc1cc(Br)ccc1OC)C(C)C. The predicted molar refractivity (Wildman–Crippen MR) is 85.9 cm³/mol. The number of ether oxygens (including phenoxy) is 1. The number of nitrogens with one attached hydrogen (secondary N) is 1. The molecule has 1 N–H and O–H groups in total. The molecule has 0 spiro atoms. The summed E-state index contributed by atoms with van der Waals surface area (Å²) in [5, 5.41) is 3.49. The molecule has 0 amide bonds. The van der Waals surface area contributed by atoms with Crippen LogP contribution in [0.15, 0.2) is 22.7 Å². The summed E-state index contributed by atoms with van der Waals surface area (Å²) in [5.74, 6) is 1.59. The predicted octanol–water partition coefficient (Wildman–Crippen LogP) is 4.27. The summed E-state index contributed by atoms with van der Waals surface area (Å²) in [4.78, 5) is 0. The summed E-state index contributed by atoms with van der Waals surface area (Å²) in [5.41, 5.74) is 1.50. The number of rotatable bonds is 7. The minimum absolute atomic E-state index is 0.226. The number of hydrogen-bond acceptors (Lipinski definition) is 2. The van der Waals surface area contributed by atoms with E-state index in [2.05, 4.69) is 55.0 Å². The van der Waals surface area contributed by atoms with Crippen molar-refractivity contribution in [2.45, 2.75) is 34.1 Å². The second-order valence-corrected chi connectivity index (χ2v) is 6.64. The molecule has 19 heavy (non-hydrogen) atoms.